The molecule has 0 heterocycles. The predicted molar refractivity (Wildman–Crippen MR) is 68.5 cm³/mol. The van der Waals surface area contributed by atoms with Crippen LogP contribution in [0.2, 0.25) is 0 Å². The fourth-order valence-electron chi connectivity index (χ4n) is 1.81. The van der Waals surface area contributed by atoms with Gasteiger partial charge in [-0.2, -0.15) is 0 Å². The molecule has 1 aromatic carbocycles. The molecule has 1 unspecified atom stereocenters. The van der Waals surface area contributed by atoms with Crippen molar-refractivity contribution in [2.75, 3.05) is 13.7 Å². The van der Waals surface area contributed by atoms with E-state index in [0.717, 1.165) is 18.4 Å². The zero-order valence-electron chi connectivity index (χ0n) is 10.9. The molecule has 0 bridgehead atoms. The van der Waals surface area contributed by atoms with E-state index in [2.05, 4.69) is 0 Å². The van der Waals surface area contributed by atoms with E-state index in [1.807, 2.05) is 19.9 Å². The maximum Gasteiger partial charge on any atom is 0.123 e. The highest BCUT2D eigenvalue weighted by Gasteiger charge is 2.19. The summed E-state index contributed by atoms with van der Waals surface area (Å²) in [5.74, 6) is -0.00734. The van der Waals surface area contributed by atoms with Crippen molar-refractivity contribution in [3.8, 4) is 0 Å². The zero-order chi connectivity index (χ0) is 12.9. The van der Waals surface area contributed by atoms with Crippen LogP contribution in [0.5, 0.6) is 0 Å². The number of nitrogens with two attached hydrogens (primary N) is 1. The molecular weight excluding hydrogens is 217 g/mol. The van der Waals surface area contributed by atoms with Gasteiger partial charge in [0.05, 0.1) is 5.60 Å². The van der Waals surface area contributed by atoms with Crippen molar-refractivity contribution >= 4 is 0 Å². The Morgan fingerprint density at radius 2 is 2.12 bits per heavy atom. The Kier molecular flexibility index (Phi) is 5.09. The maximum atomic E-state index is 13.1. The van der Waals surface area contributed by atoms with Gasteiger partial charge in [-0.3, -0.25) is 0 Å². The highest BCUT2D eigenvalue weighted by Crippen LogP contribution is 2.25. The molecule has 0 aliphatic rings. The van der Waals surface area contributed by atoms with Crippen LogP contribution in [0, 0.1) is 5.82 Å². The van der Waals surface area contributed by atoms with Crippen LogP contribution in [0.15, 0.2) is 24.3 Å². The van der Waals surface area contributed by atoms with Gasteiger partial charge < -0.3 is 10.5 Å². The number of hydrogen-bond acceptors (Lipinski definition) is 2. The number of hydrogen-bond donors (Lipinski definition) is 1. The number of benzene rings is 1. The van der Waals surface area contributed by atoms with E-state index in [0.29, 0.717) is 6.54 Å². The molecule has 1 rings (SSSR count). The first-order valence-corrected chi connectivity index (χ1v) is 5.99. The SMILES string of the molecule is COC(C)(C)CCC(CN)c1cccc(F)c1. The van der Waals surface area contributed by atoms with Gasteiger partial charge in [0.1, 0.15) is 5.82 Å². The molecule has 1 aromatic rings. The second-order valence-electron chi connectivity index (χ2n) is 4.99. The lowest BCUT2D eigenvalue weighted by Gasteiger charge is -2.25. The lowest BCUT2D eigenvalue weighted by atomic mass is 9.89. The quantitative estimate of drug-likeness (QED) is 0.828. The smallest absolute Gasteiger partial charge is 0.123 e. The maximum absolute atomic E-state index is 13.1. The molecule has 0 saturated heterocycles. The lowest BCUT2D eigenvalue weighted by molar-refractivity contribution is 0.0125. The summed E-state index contributed by atoms with van der Waals surface area (Å²) in [7, 11) is 1.71. The molecule has 2 N–H and O–H groups in total. The van der Waals surface area contributed by atoms with Crippen molar-refractivity contribution in [3.63, 3.8) is 0 Å². The summed E-state index contributed by atoms with van der Waals surface area (Å²) in [5, 5.41) is 0. The second-order valence-corrected chi connectivity index (χ2v) is 4.99. The van der Waals surface area contributed by atoms with Crippen molar-refractivity contribution in [1.29, 1.82) is 0 Å². The summed E-state index contributed by atoms with van der Waals surface area (Å²) in [6.07, 6.45) is 1.81. The van der Waals surface area contributed by atoms with Crippen LogP contribution < -0.4 is 5.73 Å². The molecule has 96 valence electrons. The number of methoxy groups -OCH3 is 1. The largest absolute Gasteiger partial charge is 0.379 e. The minimum atomic E-state index is -0.202. The van der Waals surface area contributed by atoms with Gasteiger partial charge in [0.25, 0.3) is 0 Å². The van der Waals surface area contributed by atoms with Gasteiger partial charge in [0, 0.05) is 7.11 Å². The molecule has 3 heteroatoms. The van der Waals surface area contributed by atoms with Gasteiger partial charge >= 0.3 is 0 Å². The third-order valence-electron chi connectivity index (χ3n) is 3.25. The first-order valence-electron chi connectivity index (χ1n) is 5.99. The van der Waals surface area contributed by atoms with Gasteiger partial charge in [0.2, 0.25) is 0 Å². The van der Waals surface area contributed by atoms with E-state index in [1.165, 1.54) is 6.07 Å². The topological polar surface area (TPSA) is 35.2 Å². The monoisotopic (exact) mass is 239 g/mol. The van der Waals surface area contributed by atoms with Crippen LogP contribution in [0.25, 0.3) is 0 Å². The molecular formula is C14H22FNO. The van der Waals surface area contributed by atoms with E-state index in [1.54, 1.807) is 19.2 Å². The van der Waals surface area contributed by atoms with Gasteiger partial charge in [0.15, 0.2) is 0 Å². The average molecular weight is 239 g/mol. The van der Waals surface area contributed by atoms with Crippen LogP contribution in [-0.4, -0.2) is 19.3 Å². The van der Waals surface area contributed by atoms with Crippen LogP contribution in [0.1, 0.15) is 38.2 Å². The van der Waals surface area contributed by atoms with E-state index in [9.17, 15) is 4.39 Å². The highest BCUT2D eigenvalue weighted by atomic mass is 19.1. The minimum Gasteiger partial charge on any atom is -0.379 e. The van der Waals surface area contributed by atoms with Crippen molar-refractivity contribution in [2.45, 2.75) is 38.2 Å². The molecule has 0 aromatic heterocycles. The standard InChI is InChI=1S/C14H22FNO/c1-14(2,17-3)8-7-12(10-16)11-5-4-6-13(15)9-11/h4-6,9,12H,7-8,10,16H2,1-3H3. The number of ether oxygens (including phenoxy) is 1. The highest BCUT2D eigenvalue weighted by molar-refractivity contribution is 5.21. The third kappa shape index (κ3) is 4.44. The molecule has 1 atom stereocenters. The molecule has 0 fully saturated rings. The fourth-order valence-corrected chi connectivity index (χ4v) is 1.81. The summed E-state index contributed by atoms with van der Waals surface area (Å²) in [4.78, 5) is 0. The lowest BCUT2D eigenvalue weighted by Crippen LogP contribution is -2.24. The Labute approximate surface area is 103 Å². The Morgan fingerprint density at radius 1 is 1.41 bits per heavy atom. The van der Waals surface area contributed by atoms with E-state index in [4.69, 9.17) is 10.5 Å². The Balaban J connectivity index is 2.66. The van der Waals surface area contributed by atoms with E-state index in [-0.39, 0.29) is 17.3 Å². The van der Waals surface area contributed by atoms with Gasteiger partial charge in [-0.25, -0.2) is 4.39 Å². The molecule has 0 aliphatic carbocycles. The summed E-state index contributed by atoms with van der Waals surface area (Å²) >= 11 is 0. The summed E-state index contributed by atoms with van der Waals surface area (Å²) in [5.41, 5.74) is 6.58. The minimum absolute atomic E-state index is 0.152. The Hall–Kier alpha value is -0.930. The summed E-state index contributed by atoms with van der Waals surface area (Å²) in [6, 6.07) is 6.68. The first kappa shape index (κ1) is 14.1. The van der Waals surface area contributed by atoms with Crippen molar-refractivity contribution < 1.29 is 9.13 Å². The molecule has 2 nitrogen and oxygen atoms in total. The van der Waals surface area contributed by atoms with E-state index >= 15 is 0 Å². The normalized spacial score (nSPS) is 13.7. The van der Waals surface area contributed by atoms with Gasteiger partial charge in [-0.05, 0) is 56.8 Å². The molecule has 0 radical (unpaired) electrons. The Morgan fingerprint density at radius 3 is 2.65 bits per heavy atom. The van der Waals surface area contributed by atoms with Crippen LogP contribution in [0.4, 0.5) is 4.39 Å². The molecule has 0 saturated carbocycles. The molecule has 17 heavy (non-hydrogen) atoms. The third-order valence-corrected chi connectivity index (χ3v) is 3.25. The van der Waals surface area contributed by atoms with Crippen molar-refractivity contribution in [2.24, 2.45) is 5.73 Å². The van der Waals surface area contributed by atoms with Crippen molar-refractivity contribution in [3.05, 3.63) is 35.6 Å². The number of halogens is 1. The van der Waals surface area contributed by atoms with Gasteiger partial charge in [-0.15, -0.1) is 0 Å². The van der Waals surface area contributed by atoms with E-state index < -0.39 is 0 Å². The fraction of sp³-hybridized carbons (Fsp3) is 0.571. The molecule has 0 aliphatic heterocycles. The van der Waals surface area contributed by atoms with Crippen LogP contribution in [0.3, 0.4) is 0 Å². The van der Waals surface area contributed by atoms with Crippen LogP contribution in [-0.2, 0) is 4.74 Å². The zero-order valence-corrected chi connectivity index (χ0v) is 10.9. The predicted octanol–water partition coefficient (Wildman–Crippen LogP) is 3.07. The second kappa shape index (κ2) is 6.12. The summed E-state index contributed by atoms with van der Waals surface area (Å²) < 4.78 is 18.5. The molecule has 0 spiro atoms. The van der Waals surface area contributed by atoms with Crippen molar-refractivity contribution in [1.82, 2.24) is 0 Å². The number of rotatable bonds is 6. The van der Waals surface area contributed by atoms with Crippen LogP contribution >= 0.6 is 0 Å². The average Bonchev–Trinajstić information content (AvgIpc) is 2.30. The first-order chi connectivity index (χ1) is 7.98. The Bertz CT molecular complexity index is 352. The summed E-state index contributed by atoms with van der Waals surface area (Å²) in [6.45, 7) is 4.63. The molecule has 0 amide bonds. The van der Waals surface area contributed by atoms with Gasteiger partial charge in [-0.1, -0.05) is 12.1 Å².